The van der Waals surface area contributed by atoms with Crippen LogP contribution in [0.5, 0.6) is 5.75 Å². The van der Waals surface area contributed by atoms with E-state index in [1.165, 1.54) is 11.1 Å². The van der Waals surface area contributed by atoms with E-state index in [9.17, 15) is 0 Å². The summed E-state index contributed by atoms with van der Waals surface area (Å²) in [6.07, 6.45) is 0. The zero-order valence-electron chi connectivity index (χ0n) is 8.73. The van der Waals surface area contributed by atoms with Gasteiger partial charge >= 0.3 is 0 Å². The van der Waals surface area contributed by atoms with E-state index in [-0.39, 0.29) is 0 Å². The maximum absolute atomic E-state index is 5.62. The van der Waals surface area contributed by atoms with Crippen LogP contribution in [-0.2, 0) is 6.61 Å². The van der Waals surface area contributed by atoms with Crippen LogP contribution in [0.2, 0.25) is 0 Å². The maximum Gasteiger partial charge on any atom is 0.128 e. The van der Waals surface area contributed by atoms with E-state index in [1.807, 2.05) is 43.3 Å². The Morgan fingerprint density at radius 3 is 2.67 bits per heavy atom. The molecule has 75 valence electrons. The second kappa shape index (κ2) is 4.65. The van der Waals surface area contributed by atoms with E-state index in [1.54, 1.807) is 0 Å². The van der Waals surface area contributed by atoms with Crippen molar-refractivity contribution in [2.24, 2.45) is 0 Å². The lowest BCUT2D eigenvalue weighted by molar-refractivity contribution is 0.305. The molecule has 0 atom stereocenters. The monoisotopic (exact) mass is 197 g/mol. The molecule has 0 aliphatic heterocycles. The molecule has 2 aromatic carbocycles. The van der Waals surface area contributed by atoms with Gasteiger partial charge in [0.2, 0.25) is 0 Å². The Hall–Kier alpha value is -1.76. The van der Waals surface area contributed by atoms with E-state index in [4.69, 9.17) is 4.74 Å². The van der Waals surface area contributed by atoms with E-state index in [0.717, 1.165) is 5.75 Å². The van der Waals surface area contributed by atoms with E-state index in [0.29, 0.717) is 6.61 Å². The minimum atomic E-state index is 0.598. The molecule has 0 N–H and O–H groups in total. The van der Waals surface area contributed by atoms with Crippen molar-refractivity contribution in [3.05, 3.63) is 65.7 Å². The summed E-state index contributed by atoms with van der Waals surface area (Å²) in [5, 5.41) is 0. The number of hydrogen-bond acceptors (Lipinski definition) is 1. The fourth-order valence-electron chi connectivity index (χ4n) is 1.37. The molecule has 1 heteroatoms. The highest BCUT2D eigenvalue weighted by Gasteiger charge is 1.95. The molecule has 0 saturated carbocycles. The van der Waals surface area contributed by atoms with Crippen LogP contribution in [-0.4, -0.2) is 0 Å². The molecular weight excluding hydrogens is 184 g/mol. The molecule has 0 aliphatic rings. The van der Waals surface area contributed by atoms with Gasteiger partial charge in [-0.3, -0.25) is 0 Å². The first-order chi connectivity index (χ1) is 7.34. The summed E-state index contributed by atoms with van der Waals surface area (Å²) in [4.78, 5) is 0. The molecule has 0 spiro atoms. The predicted molar refractivity (Wildman–Crippen MR) is 60.8 cm³/mol. The van der Waals surface area contributed by atoms with E-state index >= 15 is 0 Å². The van der Waals surface area contributed by atoms with Gasteiger partial charge in [-0.1, -0.05) is 42.5 Å². The van der Waals surface area contributed by atoms with Crippen molar-refractivity contribution in [1.82, 2.24) is 0 Å². The Balaban J connectivity index is 1.99. The molecular formula is C14H13O. The van der Waals surface area contributed by atoms with Crippen molar-refractivity contribution < 1.29 is 4.74 Å². The van der Waals surface area contributed by atoms with Crippen molar-refractivity contribution in [2.75, 3.05) is 0 Å². The van der Waals surface area contributed by atoms with Gasteiger partial charge in [-0.15, -0.1) is 0 Å². The zero-order chi connectivity index (χ0) is 10.5. The van der Waals surface area contributed by atoms with Crippen LogP contribution in [0.4, 0.5) is 0 Å². The first kappa shape index (κ1) is 9.78. The van der Waals surface area contributed by atoms with Gasteiger partial charge in [0.05, 0.1) is 0 Å². The highest BCUT2D eigenvalue weighted by Crippen LogP contribution is 2.13. The Morgan fingerprint density at radius 2 is 1.93 bits per heavy atom. The fourth-order valence-corrected chi connectivity index (χ4v) is 1.37. The third-order valence-electron chi connectivity index (χ3n) is 2.17. The molecule has 0 fully saturated rings. The van der Waals surface area contributed by atoms with Crippen molar-refractivity contribution >= 4 is 0 Å². The number of aryl methyl sites for hydroxylation is 1. The molecule has 1 nitrogen and oxygen atoms in total. The lowest BCUT2D eigenvalue weighted by atomic mass is 10.2. The van der Waals surface area contributed by atoms with Gasteiger partial charge in [0, 0.05) is 6.07 Å². The molecule has 0 aliphatic carbocycles. The van der Waals surface area contributed by atoms with Gasteiger partial charge in [0.1, 0.15) is 12.4 Å². The van der Waals surface area contributed by atoms with Crippen LogP contribution in [0.25, 0.3) is 0 Å². The van der Waals surface area contributed by atoms with Gasteiger partial charge < -0.3 is 4.74 Å². The summed E-state index contributed by atoms with van der Waals surface area (Å²) in [5.41, 5.74) is 2.37. The standard InChI is InChI=1S/C14H13O/c1-12-6-5-9-14(10-12)15-11-13-7-3-2-4-8-13/h2-8,10H,11H2,1H3. The Bertz CT molecular complexity index is 420. The molecule has 0 amide bonds. The molecule has 1 radical (unpaired) electrons. The molecule has 0 saturated heterocycles. The van der Waals surface area contributed by atoms with E-state index in [2.05, 4.69) is 18.2 Å². The largest absolute Gasteiger partial charge is 0.488 e. The van der Waals surface area contributed by atoms with Gasteiger partial charge in [0.15, 0.2) is 0 Å². The minimum absolute atomic E-state index is 0.598. The normalized spacial score (nSPS) is 9.93. The highest BCUT2D eigenvalue weighted by atomic mass is 16.5. The Kier molecular flexibility index (Phi) is 3.03. The van der Waals surface area contributed by atoms with Crippen LogP contribution >= 0.6 is 0 Å². The Morgan fingerprint density at radius 1 is 1.13 bits per heavy atom. The maximum atomic E-state index is 5.62. The first-order valence-electron chi connectivity index (χ1n) is 5.00. The van der Waals surface area contributed by atoms with Gasteiger partial charge in [-0.2, -0.15) is 0 Å². The van der Waals surface area contributed by atoms with E-state index < -0.39 is 0 Å². The van der Waals surface area contributed by atoms with Crippen LogP contribution < -0.4 is 4.74 Å². The summed E-state index contributed by atoms with van der Waals surface area (Å²) < 4.78 is 5.62. The fraction of sp³-hybridized carbons (Fsp3) is 0.143. The molecule has 2 rings (SSSR count). The molecule has 0 bridgehead atoms. The van der Waals surface area contributed by atoms with Gasteiger partial charge in [-0.25, -0.2) is 0 Å². The Labute approximate surface area is 90.3 Å². The van der Waals surface area contributed by atoms with Crippen LogP contribution in [0.15, 0.2) is 48.5 Å². The number of hydrogen-bond donors (Lipinski definition) is 0. The SMILES string of the molecule is Cc1cc[c]c(OCc2ccccc2)c1. The average molecular weight is 197 g/mol. The summed E-state index contributed by atoms with van der Waals surface area (Å²) in [6, 6.07) is 19.1. The summed E-state index contributed by atoms with van der Waals surface area (Å²) in [7, 11) is 0. The number of benzene rings is 2. The molecule has 0 aromatic heterocycles. The molecule has 15 heavy (non-hydrogen) atoms. The second-order valence-corrected chi connectivity index (χ2v) is 3.50. The predicted octanol–water partition coefficient (Wildman–Crippen LogP) is 3.37. The van der Waals surface area contributed by atoms with Gasteiger partial charge in [0.25, 0.3) is 0 Å². The van der Waals surface area contributed by atoms with Crippen molar-refractivity contribution in [3.63, 3.8) is 0 Å². The minimum Gasteiger partial charge on any atom is -0.488 e. The van der Waals surface area contributed by atoms with Crippen molar-refractivity contribution in [2.45, 2.75) is 13.5 Å². The second-order valence-electron chi connectivity index (χ2n) is 3.50. The molecule has 0 unspecified atom stereocenters. The highest BCUT2D eigenvalue weighted by molar-refractivity contribution is 5.26. The smallest absolute Gasteiger partial charge is 0.128 e. The van der Waals surface area contributed by atoms with Crippen molar-refractivity contribution in [1.29, 1.82) is 0 Å². The van der Waals surface area contributed by atoms with Crippen LogP contribution in [0.3, 0.4) is 0 Å². The third-order valence-corrected chi connectivity index (χ3v) is 2.17. The lowest BCUT2D eigenvalue weighted by Gasteiger charge is -2.06. The summed E-state index contributed by atoms with van der Waals surface area (Å²) in [6.45, 7) is 2.64. The zero-order valence-corrected chi connectivity index (χ0v) is 8.73. The molecule has 0 heterocycles. The summed E-state index contributed by atoms with van der Waals surface area (Å²) >= 11 is 0. The van der Waals surface area contributed by atoms with Crippen molar-refractivity contribution in [3.8, 4) is 5.75 Å². The lowest BCUT2D eigenvalue weighted by Crippen LogP contribution is -1.94. The number of ether oxygens (including phenoxy) is 1. The number of rotatable bonds is 3. The van der Waals surface area contributed by atoms with Gasteiger partial charge in [-0.05, 0) is 24.1 Å². The molecule has 2 aromatic rings. The quantitative estimate of drug-likeness (QED) is 0.733. The summed E-state index contributed by atoms with van der Waals surface area (Å²) in [5.74, 6) is 0.804. The third kappa shape index (κ3) is 2.84. The average Bonchev–Trinajstić information content (AvgIpc) is 2.28. The topological polar surface area (TPSA) is 9.23 Å². The van der Waals surface area contributed by atoms with Crippen LogP contribution in [0.1, 0.15) is 11.1 Å². The van der Waals surface area contributed by atoms with Crippen LogP contribution in [0, 0.1) is 13.0 Å². The first-order valence-corrected chi connectivity index (χ1v) is 5.00.